The molecule has 0 saturated carbocycles. The predicted molar refractivity (Wildman–Crippen MR) is 65.5 cm³/mol. The Labute approximate surface area is 98.7 Å². The fourth-order valence-electron chi connectivity index (χ4n) is 1.37. The molecule has 5 heteroatoms. The summed E-state index contributed by atoms with van der Waals surface area (Å²) in [6.07, 6.45) is 1.79. The molecule has 1 atom stereocenters. The van der Waals surface area contributed by atoms with Crippen LogP contribution in [-0.4, -0.2) is 26.5 Å². The highest BCUT2D eigenvalue weighted by Crippen LogP contribution is 2.11. The molecule has 1 rings (SSSR count). The van der Waals surface area contributed by atoms with Gasteiger partial charge in [-0.05, 0) is 24.1 Å². The summed E-state index contributed by atoms with van der Waals surface area (Å²) in [6.45, 7) is 0. The second-order valence-electron chi connectivity index (χ2n) is 3.68. The van der Waals surface area contributed by atoms with Gasteiger partial charge in [0, 0.05) is 16.8 Å². The van der Waals surface area contributed by atoms with Crippen LogP contribution in [0.3, 0.4) is 0 Å². The van der Waals surface area contributed by atoms with E-state index < -0.39 is 9.84 Å². The molecule has 0 heterocycles. The molecule has 0 radical (unpaired) electrons. The smallest absolute Gasteiger partial charge is 0.148 e. The zero-order chi connectivity index (χ0) is 11.5. The summed E-state index contributed by atoms with van der Waals surface area (Å²) in [5, 5.41) is 0. The van der Waals surface area contributed by atoms with E-state index in [1.54, 1.807) is 0 Å². The Bertz CT molecular complexity index is 414. The van der Waals surface area contributed by atoms with E-state index >= 15 is 0 Å². The molecule has 0 aromatic heterocycles. The standard InChI is InChI=1S/C10H14BrNO2S/c1-15(13,14)7-10(12)6-8-2-4-9(11)5-3-8/h2-5,10H,6-7,12H2,1H3. The minimum absolute atomic E-state index is 0.0308. The minimum Gasteiger partial charge on any atom is -0.326 e. The maximum Gasteiger partial charge on any atom is 0.148 e. The van der Waals surface area contributed by atoms with Gasteiger partial charge in [-0.1, -0.05) is 28.1 Å². The molecule has 1 unspecified atom stereocenters. The minimum atomic E-state index is -2.99. The molecule has 0 bridgehead atoms. The Kier molecular flexibility index (Phi) is 4.31. The fraction of sp³-hybridized carbons (Fsp3) is 0.400. The number of benzene rings is 1. The zero-order valence-electron chi connectivity index (χ0n) is 8.48. The van der Waals surface area contributed by atoms with Crippen LogP contribution < -0.4 is 5.73 Å². The number of hydrogen-bond donors (Lipinski definition) is 1. The van der Waals surface area contributed by atoms with E-state index in [1.807, 2.05) is 24.3 Å². The average molecular weight is 292 g/mol. The summed E-state index contributed by atoms with van der Waals surface area (Å²) >= 11 is 3.33. The number of nitrogens with two attached hydrogens (primary N) is 1. The van der Waals surface area contributed by atoms with Crippen LogP contribution in [0, 0.1) is 0 Å². The molecule has 1 aromatic carbocycles. The third-order valence-corrected chi connectivity index (χ3v) is 3.49. The van der Waals surface area contributed by atoms with Gasteiger partial charge >= 0.3 is 0 Å². The fourth-order valence-corrected chi connectivity index (χ4v) is 2.53. The second-order valence-corrected chi connectivity index (χ2v) is 6.78. The highest BCUT2D eigenvalue weighted by atomic mass is 79.9. The first-order valence-corrected chi connectivity index (χ1v) is 7.40. The Balaban J connectivity index is 2.59. The van der Waals surface area contributed by atoms with Crippen molar-refractivity contribution in [3.63, 3.8) is 0 Å². The van der Waals surface area contributed by atoms with Crippen molar-refractivity contribution in [2.24, 2.45) is 5.73 Å². The molecule has 15 heavy (non-hydrogen) atoms. The van der Waals surface area contributed by atoms with Gasteiger partial charge in [0.1, 0.15) is 9.84 Å². The van der Waals surface area contributed by atoms with Crippen molar-refractivity contribution < 1.29 is 8.42 Å². The van der Waals surface area contributed by atoms with Crippen LogP contribution in [0.25, 0.3) is 0 Å². The van der Waals surface area contributed by atoms with E-state index in [4.69, 9.17) is 5.73 Å². The Hall–Kier alpha value is -0.390. The van der Waals surface area contributed by atoms with Crippen LogP contribution in [0.4, 0.5) is 0 Å². The van der Waals surface area contributed by atoms with Gasteiger partial charge in [0.2, 0.25) is 0 Å². The van der Waals surface area contributed by atoms with E-state index in [-0.39, 0.29) is 11.8 Å². The molecule has 0 fully saturated rings. The van der Waals surface area contributed by atoms with Crippen molar-refractivity contribution in [1.82, 2.24) is 0 Å². The normalized spacial score (nSPS) is 13.8. The maximum atomic E-state index is 11.0. The number of hydrogen-bond acceptors (Lipinski definition) is 3. The monoisotopic (exact) mass is 291 g/mol. The van der Waals surface area contributed by atoms with Gasteiger partial charge in [0.25, 0.3) is 0 Å². The summed E-state index contributed by atoms with van der Waals surface area (Å²) in [4.78, 5) is 0. The van der Waals surface area contributed by atoms with Crippen LogP contribution in [0.2, 0.25) is 0 Å². The van der Waals surface area contributed by atoms with Gasteiger partial charge in [0.15, 0.2) is 0 Å². The quantitative estimate of drug-likeness (QED) is 0.911. The van der Waals surface area contributed by atoms with Gasteiger partial charge in [-0.15, -0.1) is 0 Å². The van der Waals surface area contributed by atoms with E-state index in [2.05, 4.69) is 15.9 Å². The largest absolute Gasteiger partial charge is 0.326 e. The summed E-state index contributed by atoms with van der Waals surface area (Å²) in [6, 6.07) is 7.38. The van der Waals surface area contributed by atoms with E-state index in [0.717, 1.165) is 10.0 Å². The zero-order valence-corrected chi connectivity index (χ0v) is 10.9. The highest BCUT2D eigenvalue weighted by molar-refractivity contribution is 9.10. The molecule has 0 amide bonds. The lowest BCUT2D eigenvalue weighted by atomic mass is 10.1. The molecule has 0 spiro atoms. The lowest BCUT2D eigenvalue weighted by molar-refractivity contribution is 0.591. The number of sulfone groups is 1. The lowest BCUT2D eigenvalue weighted by Crippen LogP contribution is -2.31. The predicted octanol–water partition coefficient (Wildman–Crippen LogP) is 1.36. The molecular formula is C10H14BrNO2S. The van der Waals surface area contributed by atoms with Gasteiger partial charge in [0.05, 0.1) is 5.75 Å². The SMILES string of the molecule is CS(=O)(=O)CC(N)Cc1ccc(Br)cc1. The molecular weight excluding hydrogens is 278 g/mol. The molecule has 84 valence electrons. The molecule has 0 aliphatic carbocycles. The van der Waals surface area contributed by atoms with Crippen molar-refractivity contribution in [1.29, 1.82) is 0 Å². The van der Waals surface area contributed by atoms with Crippen LogP contribution in [-0.2, 0) is 16.3 Å². The van der Waals surface area contributed by atoms with Gasteiger partial charge < -0.3 is 5.73 Å². The summed E-state index contributed by atoms with van der Waals surface area (Å²) in [7, 11) is -2.99. The first-order valence-electron chi connectivity index (χ1n) is 4.54. The Morgan fingerprint density at radius 2 is 1.87 bits per heavy atom. The average Bonchev–Trinajstić information content (AvgIpc) is 2.05. The summed E-state index contributed by atoms with van der Waals surface area (Å²) in [5.41, 5.74) is 6.79. The van der Waals surface area contributed by atoms with Crippen LogP contribution >= 0.6 is 15.9 Å². The lowest BCUT2D eigenvalue weighted by Gasteiger charge is -2.10. The van der Waals surface area contributed by atoms with E-state index in [9.17, 15) is 8.42 Å². The van der Waals surface area contributed by atoms with Crippen molar-refractivity contribution in [3.05, 3.63) is 34.3 Å². The molecule has 0 saturated heterocycles. The summed E-state index contributed by atoms with van der Waals surface area (Å²) < 4.78 is 23.0. The first kappa shape index (κ1) is 12.7. The highest BCUT2D eigenvalue weighted by Gasteiger charge is 2.11. The molecule has 0 aliphatic heterocycles. The molecule has 1 aromatic rings. The van der Waals surface area contributed by atoms with Crippen molar-refractivity contribution in [2.75, 3.05) is 12.0 Å². The van der Waals surface area contributed by atoms with E-state index in [1.165, 1.54) is 6.26 Å². The van der Waals surface area contributed by atoms with Crippen LogP contribution in [0.15, 0.2) is 28.7 Å². The summed E-state index contributed by atoms with van der Waals surface area (Å²) in [5.74, 6) is 0.0308. The topological polar surface area (TPSA) is 60.2 Å². The second kappa shape index (κ2) is 5.09. The first-order chi connectivity index (χ1) is 6.87. The van der Waals surface area contributed by atoms with E-state index in [0.29, 0.717) is 6.42 Å². The third kappa shape index (κ3) is 5.30. The molecule has 2 N–H and O–H groups in total. The van der Waals surface area contributed by atoms with Crippen LogP contribution in [0.5, 0.6) is 0 Å². The Morgan fingerprint density at radius 3 is 2.33 bits per heavy atom. The van der Waals surface area contributed by atoms with Crippen molar-refractivity contribution in [2.45, 2.75) is 12.5 Å². The number of halogens is 1. The maximum absolute atomic E-state index is 11.0. The molecule has 3 nitrogen and oxygen atoms in total. The van der Waals surface area contributed by atoms with Gasteiger partial charge in [-0.3, -0.25) is 0 Å². The number of rotatable bonds is 4. The third-order valence-electron chi connectivity index (χ3n) is 1.93. The van der Waals surface area contributed by atoms with Gasteiger partial charge in [-0.25, -0.2) is 8.42 Å². The molecule has 0 aliphatic rings. The van der Waals surface area contributed by atoms with Crippen molar-refractivity contribution in [3.8, 4) is 0 Å². The Morgan fingerprint density at radius 1 is 1.33 bits per heavy atom. The van der Waals surface area contributed by atoms with Gasteiger partial charge in [-0.2, -0.15) is 0 Å². The van der Waals surface area contributed by atoms with Crippen molar-refractivity contribution >= 4 is 25.8 Å². The van der Waals surface area contributed by atoms with Crippen LogP contribution in [0.1, 0.15) is 5.56 Å².